The molecule has 0 spiro atoms. The van der Waals surface area contributed by atoms with Gasteiger partial charge in [0, 0.05) is 23.8 Å². The summed E-state index contributed by atoms with van der Waals surface area (Å²) in [4.78, 5) is 7.96. The number of furan rings is 1. The minimum Gasteiger partial charge on any atom is -0.443 e. The summed E-state index contributed by atoms with van der Waals surface area (Å²) in [6.07, 6.45) is 3.16. The highest BCUT2D eigenvalue weighted by atomic mass is 32.2. The molecule has 0 atom stereocenters. The molecule has 0 radical (unpaired) electrons. The number of hydrogen-bond acceptors (Lipinski definition) is 6. The first-order valence-corrected chi connectivity index (χ1v) is 7.79. The van der Waals surface area contributed by atoms with Crippen LogP contribution in [0.4, 0.5) is 5.95 Å². The zero-order chi connectivity index (χ0) is 15.2. The molecule has 4 rings (SSSR count). The third-order valence-electron chi connectivity index (χ3n) is 3.01. The Bertz CT molecular complexity index is 1020. The maximum atomic E-state index is 12.3. The van der Waals surface area contributed by atoms with E-state index in [9.17, 15) is 8.42 Å². The van der Waals surface area contributed by atoms with Gasteiger partial charge in [0.25, 0.3) is 21.7 Å². The molecule has 0 unspecified atom stereocenters. The Balaban J connectivity index is 1.73. The van der Waals surface area contributed by atoms with Crippen LogP contribution in [0.3, 0.4) is 0 Å². The van der Waals surface area contributed by atoms with Crippen molar-refractivity contribution >= 4 is 32.7 Å². The Hall–Kier alpha value is -2.94. The summed E-state index contributed by atoms with van der Waals surface area (Å²) >= 11 is 0. The lowest BCUT2D eigenvalue weighted by Gasteiger charge is -1.99. The van der Waals surface area contributed by atoms with E-state index in [1.54, 1.807) is 42.7 Å². The molecule has 8 nitrogen and oxygen atoms in total. The Labute approximate surface area is 124 Å². The summed E-state index contributed by atoms with van der Waals surface area (Å²) < 4.78 is 33.7. The van der Waals surface area contributed by atoms with Gasteiger partial charge in [0.15, 0.2) is 0 Å². The van der Waals surface area contributed by atoms with E-state index in [-0.39, 0.29) is 11.0 Å². The predicted octanol–water partition coefficient (Wildman–Crippen LogP) is 1.67. The second-order valence-electron chi connectivity index (χ2n) is 4.51. The minimum absolute atomic E-state index is 0.0702. The monoisotopic (exact) mass is 315 g/mol. The lowest BCUT2D eigenvalue weighted by Crippen LogP contribution is -2.13. The number of sulfonamides is 1. The van der Waals surface area contributed by atoms with Gasteiger partial charge in [0.2, 0.25) is 5.09 Å². The number of para-hydroxylation sites is 1. The molecule has 1 aromatic carbocycles. The Morgan fingerprint density at radius 2 is 2.05 bits per heavy atom. The number of benzene rings is 1. The molecule has 4 aromatic rings. The average molecular weight is 315 g/mol. The van der Waals surface area contributed by atoms with Crippen LogP contribution in [0.5, 0.6) is 0 Å². The maximum absolute atomic E-state index is 12.3. The summed E-state index contributed by atoms with van der Waals surface area (Å²) in [5.41, 5.74) is 0.493. The first kappa shape index (κ1) is 12.8. The van der Waals surface area contributed by atoms with Crippen molar-refractivity contribution in [2.45, 2.75) is 5.09 Å². The minimum atomic E-state index is -3.91. The SMILES string of the molecule is O=S(=O)(Nc1nc2ncccn2n1)c1cc2ccccc2o1. The van der Waals surface area contributed by atoms with Crippen LogP contribution in [-0.2, 0) is 10.0 Å². The molecular formula is C13H9N5O3S. The van der Waals surface area contributed by atoms with Crippen molar-refractivity contribution in [3.05, 3.63) is 48.8 Å². The number of rotatable bonds is 3. The van der Waals surface area contributed by atoms with Crippen molar-refractivity contribution < 1.29 is 12.8 Å². The Morgan fingerprint density at radius 3 is 2.86 bits per heavy atom. The van der Waals surface area contributed by atoms with Crippen molar-refractivity contribution in [3.8, 4) is 0 Å². The first-order valence-electron chi connectivity index (χ1n) is 6.31. The fraction of sp³-hybridized carbons (Fsp3) is 0. The smallest absolute Gasteiger partial charge is 0.297 e. The standard InChI is InChI=1S/C13H9N5O3S/c19-22(20,11-8-9-4-1-2-5-10(9)21-11)17-12-15-13-14-6-3-7-18(13)16-12/h1-8H,(H,16,17). The van der Waals surface area contributed by atoms with E-state index in [0.717, 1.165) is 0 Å². The molecule has 110 valence electrons. The van der Waals surface area contributed by atoms with Gasteiger partial charge in [0.1, 0.15) is 5.58 Å². The second-order valence-corrected chi connectivity index (χ2v) is 6.12. The Morgan fingerprint density at radius 1 is 1.18 bits per heavy atom. The van der Waals surface area contributed by atoms with Gasteiger partial charge in [-0.3, -0.25) is 0 Å². The van der Waals surface area contributed by atoms with Crippen molar-refractivity contribution in [1.29, 1.82) is 0 Å². The van der Waals surface area contributed by atoms with Gasteiger partial charge < -0.3 is 4.42 Å². The van der Waals surface area contributed by atoms with Crippen molar-refractivity contribution in [2.24, 2.45) is 0 Å². The quantitative estimate of drug-likeness (QED) is 0.617. The summed E-state index contributed by atoms with van der Waals surface area (Å²) in [6.45, 7) is 0. The van der Waals surface area contributed by atoms with Crippen molar-refractivity contribution in [1.82, 2.24) is 19.6 Å². The van der Waals surface area contributed by atoms with Crippen molar-refractivity contribution in [3.63, 3.8) is 0 Å². The van der Waals surface area contributed by atoms with Crippen LogP contribution in [0.1, 0.15) is 0 Å². The zero-order valence-corrected chi connectivity index (χ0v) is 11.9. The van der Waals surface area contributed by atoms with Crippen LogP contribution in [0.2, 0.25) is 0 Å². The largest absolute Gasteiger partial charge is 0.443 e. The fourth-order valence-electron chi connectivity index (χ4n) is 2.04. The fourth-order valence-corrected chi connectivity index (χ4v) is 2.95. The Kier molecular flexibility index (Phi) is 2.63. The van der Waals surface area contributed by atoms with Crippen LogP contribution in [0.15, 0.2) is 58.3 Å². The molecule has 0 aliphatic carbocycles. The molecule has 0 aliphatic rings. The van der Waals surface area contributed by atoms with Gasteiger partial charge >= 0.3 is 0 Å². The van der Waals surface area contributed by atoms with Gasteiger partial charge in [-0.05, 0) is 12.1 Å². The summed E-state index contributed by atoms with van der Waals surface area (Å²) in [5, 5.41) is 4.50. The van der Waals surface area contributed by atoms with Gasteiger partial charge in [-0.15, -0.1) is 5.10 Å². The molecule has 0 saturated heterocycles. The van der Waals surface area contributed by atoms with Crippen molar-refractivity contribution in [2.75, 3.05) is 4.72 Å². The van der Waals surface area contributed by atoms with E-state index in [0.29, 0.717) is 16.7 Å². The molecule has 9 heteroatoms. The summed E-state index contributed by atoms with van der Waals surface area (Å²) in [5.74, 6) is 0.226. The van der Waals surface area contributed by atoms with Gasteiger partial charge in [-0.2, -0.15) is 13.4 Å². The number of nitrogens with zero attached hydrogens (tertiary/aromatic N) is 4. The third kappa shape index (κ3) is 2.07. The summed E-state index contributed by atoms with van der Waals surface area (Å²) in [6, 6.07) is 10.2. The average Bonchev–Trinajstić information content (AvgIpc) is 3.09. The molecule has 1 N–H and O–H groups in total. The van der Waals surface area contributed by atoms with E-state index in [2.05, 4.69) is 19.8 Å². The van der Waals surface area contributed by atoms with Crippen LogP contribution in [0.25, 0.3) is 16.7 Å². The van der Waals surface area contributed by atoms with E-state index < -0.39 is 10.0 Å². The maximum Gasteiger partial charge on any atom is 0.297 e. The van der Waals surface area contributed by atoms with Crippen LogP contribution in [-0.4, -0.2) is 28.0 Å². The van der Waals surface area contributed by atoms with Crippen LogP contribution in [0, 0.1) is 0 Å². The van der Waals surface area contributed by atoms with Gasteiger partial charge in [0.05, 0.1) is 0 Å². The lowest BCUT2D eigenvalue weighted by molar-refractivity contribution is 0.484. The molecule has 0 amide bonds. The third-order valence-corrected chi connectivity index (χ3v) is 4.19. The normalized spacial score (nSPS) is 12.0. The molecule has 0 saturated carbocycles. The number of aromatic nitrogens is 4. The van der Waals surface area contributed by atoms with E-state index in [1.165, 1.54) is 10.6 Å². The number of anilines is 1. The van der Waals surface area contributed by atoms with Crippen LogP contribution < -0.4 is 4.72 Å². The van der Waals surface area contributed by atoms with Gasteiger partial charge in [-0.25, -0.2) is 14.2 Å². The highest BCUT2D eigenvalue weighted by molar-refractivity contribution is 7.92. The van der Waals surface area contributed by atoms with E-state index in [1.807, 2.05) is 0 Å². The topological polar surface area (TPSA) is 102 Å². The van der Waals surface area contributed by atoms with E-state index >= 15 is 0 Å². The molecular weight excluding hydrogens is 306 g/mol. The predicted molar refractivity (Wildman–Crippen MR) is 77.8 cm³/mol. The number of fused-ring (bicyclic) bond motifs is 2. The van der Waals surface area contributed by atoms with Gasteiger partial charge in [-0.1, -0.05) is 18.2 Å². The summed E-state index contributed by atoms with van der Waals surface area (Å²) in [7, 11) is -3.91. The second kappa shape index (κ2) is 4.53. The first-order chi connectivity index (χ1) is 10.6. The molecule has 22 heavy (non-hydrogen) atoms. The molecule has 3 aromatic heterocycles. The molecule has 0 bridgehead atoms. The number of nitrogens with one attached hydrogen (secondary N) is 1. The number of hydrogen-bond donors (Lipinski definition) is 1. The zero-order valence-electron chi connectivity index (χ0n) is 11.0. The highest BCUT2D eigenvalue weighted by Gasteiger charge is 2.21. The molecule has 3 heterocycles. The van der Waals surface area contributed by atoms with Crippen LogP contribution >= 0.6 is 0 Å². The highest BCUT2D eigenvalue weighted by Crippen LogP contribution is 2.23. The lowest BCUT2D eigenvalue weighted by atomic mass is 10.3. The molecule has 0 fully saturated rings. The van der Waals surface area contributed by atoms with E-state index in [4.69, 9.17) is 4.42 Å². The molecule has 0 aliphatic heterocycles.